The number of benzene rings is 7. The first kappa shape index (κ1) is 16.7. The highest BCUT2D eigenvalue weighted by Crippen LogP contribution is 2.39. The molecule has 0 fully saturated rings. The summed E-state index contributed by atoms with van der Waals surface area (Å²) in [5, 5.41) is 1.20. The van der Waals surface area contributed by atoms with Crippen molar-refractivity contribution in [1.82, 2.24) is 18.7 Å². The van der Waals surface area contributed by atoms with Crippen molar-refractivity contribution in [3.63, 3.8) is 0 Å². The molecule has 0 bridgehead atoms. The summed E-state index contributed by atoms with van der Waals surface area (Å²) in [7, 11) is 0. The molecule has 238 valence electrons. The summed E-state index contributed by atoms with van der Waals surface area (Å²) in [6.45, 7) is 0. The summed E-state index contributed by atoms with van der Waals surface area (Å²) < 4.78 is 144. The van der Waals surface area contributed by atoms with E-state index in [0.29, 0.717) is 33.5 Å². The van der Waals surface area contributed by atoms with Crippen LogP contribution in [0.15, 0.2) is 182 Å². The third kappa shape index (κ3) is 4.05. The van der Waals surface area contributed by atoms with Crippen molar-refractivity contribution in [2.45, 2.75) is 0 Å². The molecule has 0 amide bonds. The zero-order valence-corrected chi connectivity index (χ0v) is 26.4. The molecule has 0 saturated heterocycles. The van der Waals surface area contributed by atoms with Crippen molar-refractivity contribution in [1.29, 1.82) is 0 Å². The van der Waals surface area contributed by atoms with E-state index in [1.54, 1.807) is 24.3 Å². The van der Waals surface area contributed by atoms with Gasteiger partial charge in [-0.1, -0.05) is 121 Å². The Labute approximate surface area is 316 Å². The number of rotatable bonds is 4. The number of hydrogen-bond acceptors (Lipinski definition) is 1. The molecule has 4 heteroatoms. The predicted octanol–water partition coefficient (Wildman–Crippen LogP) is 12.0. The van der Waals surface area contributed by atoms with E-state index in [0.717, 1.165) is 10.9 Å². The maximum absolute atomic E-state index is 9.01. The van der Waals surface area contributed by atoms with Gasteiger partial charge in [-0.05, 0) is 60.1 Å². The Bertz CT molecular complexity index is 3920. The molecule has 0 atom stereocenters. The van der Waals surface area contributed by atoms with Crippen LogP contribution in [0.25, 0.3) is 93.7 Å². The van der Waals surface area contributed by atoms with Crippen LogP contribution in [-0.2, 0) is 0 Å². The molecule has 51 heavy (non-hydrogen) atoms. The fourth-order valence-corrected chi connectivity index (χ4v) is 7.28. The lowest BCUT2D eigenvalue weighted by Crippen LogP contribution is -2.00. The Morgan fingerprint density at radius 2 is 0.961 bits per heavy atom. The zero-order chi connectivity index (χ0) is 47.4. The first-order chi connectivity index (χ1) is 32.0. The maximum Gasteiger partial charge on any atom is 0.145 e. The maximum atomic E-state index is 9.01. The topological polar surface area (TPSA) is 27.7 Å². The molecule has 4 heterocycles. The number of hydrogen-bond donors (Lipinski definition) is 0. The van der Waals surface area contributed by atoms with Crippen LogP contribution in [-0.4, -0.2) is 18.7 Å². The molecule has 0 radical (unpaired) electrons. The van der Waals surface area contributed by atoms with Gasteiger partial charge in [0.05, 0.1) is 67.1 Å². The van der Waals surface area contributed by atoms with Crippen LogP contribution >= 0.6 is 0 Å². The van der Waals surface area contributed by atoms with Crippen molar-refractivity contribution in [3.05, 3.63) is 182 Å². The summed E-state index contributed by atoms with van der Waals surface area (Å²) >= 11 is 0. The first-order valence-electron chi connectivity index (χ1n) is 24.1. The monoisotopic (exact) mass is 666 g/mol. The Morgan fingerprint density at radius 3 is 1.61 bits per heavy atom. The van der Waals surface area contributed by atoms with Gasteiger partial charge >= 0.3 is 0 Å². The summed E-state index contributed by atoms with van der Waals surface area (Å²) in [6.07, 6.45) is 1.49. The lowest BCUT2D eigenvalue weighted by atomic mass is 10.0. The van der Waals surface area contributed by atoms with Gasteiger partial charge in [-0.2, -0.15) is 0 Å². The molecule has 0 aliphatic heterocycles. The van der Waals surface area contributed by atoms with E-state index in [-0.39, 0.29) is 49.3 Å². The largest absolute Gasteiger partial charge is 0.309 e. The van der Waals surface area contributed by atoms with Crippen molar-refractivity contribution in [2.75, 3.05) is 0 Å². The van der Waals surface area contributed by atoms with Crippen LogP contribution in [0, 0.1) is 0 Å². The Hall–Kier alpha value is -6.91. The number of para-hydroxylation sites is 6. The molecule has 0 spiro atoms. The van der Waals surface area contributed by atoms with Crippen LogP contribution in [0.1, 0.15) is 21.9 Å². The van der Waals surface area contributed by atoms with Crippen molar-refractivity contribution >= 4 is 65.5 Å². The molecule has 0 unspecified atom stereocenters. The van der Waals surface area contributed by atoms with Gasteiger partial charge in [-0.25, -0.2) is 4.98 Å². The van der Waals surface area contributed by atoms with Gasteiger partial charge in [0, 0.05) is 43.6 Å². The quantitative estimate of drug-likeness (QED) is 0.184. The summed E-state index contributed by atoms with van der Waals surface area (Å²) in [6, 6.07) is 16.2. The minimum absolute atomic E-state index is 0.00442. The standard InChI is InChI=1S/C47H30N4/c1-7-22-41(34(16-1)31-14-13-15-32(28-31)49-42-23-8-2-17-35(42)36-18-3-9-24-43(36)49)51-46-27-12-6-21-39(46)40-29-33(30-48-47(40)51)50-44-25-10-4-19-37(44)38-20-5-11-26-45(38)50/h1-30H/i2D,3D,4D,5D,8D,9D,10D,11D,17D,18D,19D,20D,23D,24D,25D,26D. The highest BCUT2D eigenvalue weighted by molar-refractivity contribution is 6.12. The van der Waals surface area contributed by atoms with Gasteiger partial charge in [0.1, 0.15) is 5.65 Å². The minimum atomic E-state index is -0.541. The van der Waals surface area contributed by atoms with E-state index < -0.39 is 96.7 Å². The number of aromatic nitrogens is 4. The Morgan fingerprint density at radius 1 is 0.412 bits per heavy atom. The lowest BCUT2D eigenvalue weighted by molar-refractivity contribution is 1.11. The molecule has 0 aliphatic carbocycles. The number of pyridine rings is 1. The van der Waals surface area contributed by atoms with E-state index in [1.165, 1.54) is 15.3 Å². The van der Waals surface area contributed by atoms with Gasteiger partial charge in [0.25, 0.3) is 0 Å². The lowest BCUT2D eigenvalue weighted by Gasteiger charge is -2.15. The molecule has 0 saturated carbocycles. The fourth-order valence-electron chi connectivity index (χ4n) is 7.28. The summed E-state index contributed by atoms with van der Waals surface area (Å²) in [5.41, 5.74) is 3.79. The summed E-state index contributed by atoms with van der Waals surface area (Å²) in [5.74, 6) is 0. The van der Waals surface area contributed by atoms with E-state index >= 15 is 0 Å². The molecular weight excluding hydrogens is 621 g/mol. The normalized spacial score (nSPS) is 16.3. The highest BCUT2D eigenvalue weighted by atomic mass is 15.1. The fraction of sp³-hybridized carbons (Fsp3) is 0. The van der Waals surface area contributed by atoms with Crippen LogP contribution in [0.4, 0.5) is 0 Å². The zero-order valence-electron chi connectivity index (χ0n) is 42.4. The third-order valence-corrected chi connectivity index (χ3v) is 9.38. The van der Waals surface area contributed by atoms with Gasteiger partial charge < -0.3 is 9.13 Å². The molecule has 0 aliphatic rings. The predicted molar refractivity (Wildman–Crippen MR) is 213 cm³/mol. The van der Waals surface area contributed by atoms with Crippen LogP contribution < -0.4 is 0 Å². The van der Waals surface area contributed by atoms with E-state index in [1.807, 2.05) is 59.2 Å². The molecule has 4 nitrogen and oxygen atoms in total. The smallest absolute Gasteiger partial charge is 0.145 e. The Kier molecular flexibility index (Phi) is 3.53. The molecule has 11 aromatic rings. The molecule has 7 aromatic carbocycles. The number of fused-ring (bicyclic) bond motifs is 9. The van der Waals surface area contributed by atoms with Gasteiger partial charge in [0.2, 0.25) is 0 Å². The van der Waals surface area contributed by atoms with Crippen molar-refractivity contribution in [2.24, 2.45) is 0 Å². The van der Waals surface area contributed by atoms with E-state index in [4.69, 9.17) is 26.9 Å². The van der Waals surface area contributed by atoms with Crippen LogP contribution in [0.3, 0.4) is 0 Å². The highest BCUT2D eigenvalue weighted by Gasteiger charge is 2.19. The molecule has 4 aromatic heterocycles. The third-order valence-electron chi connectivity index (χ3n) is 9.38. The molecule has 0 N–H and O–H groups in total. The Balaban J connectivity index is 1.17. The molecule has 11 rings (SSSR count). The number of nitrogens with zero attached hydrogens (tertiary/aromatic N) is 4. The van der Waals surface area contributed by atoms with E-state index in [9.17, 15) is 0 Å². The van der Waals surface area contributed by atoms with Crippen molar-refractivity contribution in [3.8, 4) is 28.2 Å². The minimum Gasteiger partial charge on any atom is -0.309 e. The van der Waals surface area contributed by atoms with Gasteiger partial charge in [-0.3, -0.25) is 4.57 Å². The van der Waals surface area contributed by atoms with Crippen LogP contribution in [0.2, 0.25) is 0 Å². The van der Waals surface area contributed by atoms with Crippen molar-refractivity contribution < 1.29 is 21.9 Å². The average molecular weight is 667 g/mol. The van der Waals surface area contributed by atoms with Gasteiger partial charge in [0.15, 0.2) is 0 Å². The SMILES string of the molecule is [2H]c1c([2H])c([2H])c2c(c1[2H])c1c([2H])c([2H])c([2H])c([2H])c1n2-c1cccc(-c2ccccc2-n2c3ccccc3c3cc(-n4c5c([2H])c([2H])c([2H])c([2H])c5c5c([2H])c([2H])c([2H])c([2H])c54)cnc32)c1. The van der Waals surface area contributed by atoms with Gasteiger partial charge in [-0.15, -0.1) is 0 Å². The average Bonchev–Trinajstić information content (AvgIpc) is 4.01. The first-order valence-corrected chi connectivity index (χ1v) is 16.1. The second kappa shape index (κ2) is 10.8. The molecular formula is C47H30N4. The van der Waals surface area contributed by atoms with Crippen LogP contribution in [0.5, 0.6) is 0 Å². The second-order valence-corrected chi connectivity index (χ2v) is 12.0. The second-order valence-electron chi connectivity index (χ2n) is 12.0. The van der Waals surface area contributed by atoms with E-state index in [2.05, 4.69) is 0 Å². The summed E-state index contributed by atoms with van der Waals surface area (Å²) in [4.78, 5) is 4.99.